The van der Waals surface area contributed by atoms with Gasteiger partial charge in [-0.05, 0) is 42.6 Å². The van der Waals surface area contributed by atoms with Crippen molar-refractivity contribution in [1.29, 1.82) is 0 Å². The molecule has 1 aliphatic rings. The number of rotatable bonds is 6. The Labute approximate surface area is 180 Å². The number of amides is 1. The minimum absolute atomic E-state index is 0.0543. The summed E-state index contributed by atoms with van der Waals surface area (Å²) in [6, 6.07) is 20.6. The van der Waals surface area contributed by atoms with Gasteiger partial charge < -0.3 is 10.2 Å². The van der Waals surface area contributed by atoms with Gasteiger partial charge >= 0.3 is 0 Å². The number of thiophene rings is 1. The SMILES string of the molecule is C[C@H](NC(=O)c1ccccc1F)[C@@H](c1cccs1)N1CCN(c2ccccc2)CC1. The van der Waals surface area contributed by atoms with E-state index in [9.17, 15) is 9.18 Å². The van der Waals surface area contributed by atoms with Gasteiger partial charge in [-0.3, -0.25) is 9.69 Å². The van der Waals surface area contributed by atoms with E-state index in [4.69, 9.17) is 0 Å². The van der Waals surface area contributed by atoms with Crippen LogP contribution in [-0.2, 0) is 0 Å². The molecule has 4 rings (SSSR count). The molecule has 6 heteroatoms. The van der Waals surface area contributed by atoms with Crippen LogP contribution >= 0.6 is 11.3 Å². The highest BCUT2D eigenvalue weighted by molar-refractivity contribution is 7.10. The van der Waals surface area contributed by atoms with Crippen molar-refractivity contribution in [3.63, 3.8) is 0 Å². The Balaban J connectivity index is 1.47. The van der Waals surface area contributed by atoms with Crippen LogP contribution in [0, 0.1) is 5.82 Å². The summed E-state index contributed by atoms with van der Waals surface area (Å²) in [7, 11) is 0. The minimum Gasteiger partial charge on any atom is -0.369 e. The summed E-state index contributed by atoms with van der Waals surface area (Å²) in [5.41, 5.74) is 1.33. The Morgan fingerprint density at radius 3 is 2.33 bits per heavy atom. The average Bonchev–Trinajstić information content (AvgIpc) is 3.29. The number of anilines is 1. The number of hydrogen-bond donors (Lipinski definition) is 1. The van der Waals surface area contributed by atoms with Gasteiger partial charge in [0.05, 0.1) is 11.6 Å². The van der Waals surface area contributed by atoms with Gasteiger partial charge in [0.15, 0.2) is 0 Å². The number of nitrogens with zero attached hydrogens (tertiary/aromatic N) is 2. The molecule has 1 aliphatic heterocycles. The lowest BCUT2D eigenvalue weighted by Crippen LogP contribution is -2.52. The second kappa shape index (κ2) is 9.41. The second-order valence-corrected chi connectivity index (χ2v) is 8.54. The van der Waals surface area contributed by atoms with Gasteiger partial charge in [-0.15, -0.1) is 11.3 Å². The van der Waals surface area contributed by atoms with Crippen LogP contribution in [0.25, 0.3) is 0 Å². The predicted molar refractivity (Wildman–Crippen MR) is 121 cm³/mol. The monoisotopic (exact) mass is 423 g/mol. The lowest BCUT2D eigenvalue weighted by Gasteiger charge is -2.42. The molecule has 3 aromatic rings. The van der Waals surface area contributed by atoms with E-state index >= 15 is 0 Å². The van der Waals surface area contributed by atoms with Crippen LogP contribution in [-0.4, -0.2) is 43.0 Å². The van der Waals surface area contributed by atoms with E-state index in [1.54, 1.807) is 23.5 Å². The topological polar surface area (TPSA) is 35.6 Å². The first-order valence-electron chi connectivity index (χ1n) is 10.3. The van der Waals surface area contributed by atoms with Crippen molar-refractivity contribution in [3.8, 4) is 0 Å². The molecule has 1 aromatic heterocycles. The zero-order valence-electron chi connectivity index (χ0n) is 17.0. The third kappa shape index (κ3) is 4.55. The molecule has 0 bridgehead atoms. The van der Waals surface area contributed by atoms with E-state index in [1.807, 2.05) is 19.1 Å². The quantitative estimate of drug-likeness (QED) is 0.631. The summed E-state index contributed by atoms with van der Waals surface area (Å²) >= 11 is 1.70. The molecule has 4 nitrogen and oxygen atoms in total. The Kier molecular flexibility index (Phi) is 6.45. The first-order chi connectivity index (χ1) is 14.6. The molecule has 0 saturated carbocycles. The molecule has 1 amide bonds. The van der Waals surface area contributed by atoms with E-state index in [1.165, 1.54) is 22.7 Å². The van der Waals surface area contributed by atoms with E-state index < -0.39 is 5.82 Å². The fraction of sp³-hybridized carbons (Fsp3) is 0.292. The number of piperazine rings is 1. The summed E-state index contributed by atoms with van der Waals surface area (Å²) in [6.45, 7) is 5.67. The molecule has 30 heavy (non-hydrogen) atoms. The van der Waals surface area contributed by atoms with E-state index in [0.29, 0.717) is 0 Å². The summed E-state index contributed by atoms with van der Waals surface area (Å²) in [4.78, 5) is 18.7. The van der Waals surface area contributed by atoms with Gasteiger partial charge in [-0.1, -0.05) is 36.4 Å². The summed E-state index contributed by atoms with van der Waals surface area (Å²) in [6.07, 6.45) is 0. The van der Waals surface area contributed by atoms with Crippen molar-refractivity contribution < 1.29 is 9.18 Å². The van der Waals surface area contributed by atoms with Gasteiger partial charge in [0.25, 0.3) is 5.91 Å². The molecule has 0 unspecified atom stereocenters. The van der Waals surface area contributed by atoms with Crippen molar-refractivity contribution in [3.05, 3.63) is 88.4 Å². The smallest absolute Gasteiger partial charge is 0.254 e. The van der Waals surface area contributed by atoms with Crippen molar-refractivity contribution in [2.45, 2.75) is 19.0 Å². The van der Waals surface area contributed by atoms with Crippen LogP contribution in [0.3, 0.4) is 0 Å². The highest BCUT2D eigenvalue weighted by atomic mass is 32.1. The number of carbonyl (C=O) groups excluding carboxylic acids is 1. The van der Waals surface area contributed by atoms with Crippen LogP contribution in [0.5, 0.6) is 0 Å². The van der Waals surface area contributed by atoms with Gasteiger partial charge in [-0.2, -0.15) is 0 Å². The molecule has 2 heterocycles. The maximum absolute atomic E-state index is 14.0. The molecule has 156 valence electrons. The van der Waals surface area contributed by atoms with Crippen molar-refractivity contribution in [2.24, 2.45) is 0 Å². The molecule has 1 fully saturated rings. The molecule has 0 aliphatic carbocycles. The third-order valence-corrected chi connectivity index (χ3v) is 6.56. The summed E-state index contributed by atoms with van der Waals surface area (Å²) in [5.74, 6) is -0.864. The van der Waals surface area contributed by atoms with E-state index in [2.05, 4.69) is 50.8 Å². The van der Waals surface area contributed by atoms with Crippen LogP contribution in [0.2, 0.25) is 0 Å². The summed E-state index contributed by atoms with van der Waals surface area (Å²) < 4.78 is 14.0. The molecular weight excluding hydrogens is 397 g/mol. The number of benzene rings is 2. The Bertz CT molecular complexity index is 956. The molecule has 0 radical (unpaired) electrons. The molecule has 1 saturated heterocycles. The highest BCUT2D eigenvalue weighted by Gasteiger charge is 2.31. The van der Waals surface area contributed by atoms with E-state index in [0.717, 1.165) is 26.2 Å². The average molecular weight is 424 g/mol. The zero-order valence-corrected chi connectivity index (χ0v) is 17.8. The number of halogens is 1. The Morgan fingerprint density at radius 1 is 0.967 bits per heavy atom. The lowest BCUT2D eigenvalue weighted by atomic mass is 10.0. The van der Waals surface area contributed by atoms with Crippen LogP contribution in [0.15, 0.2) is 72.1 Å². The van der Waals surface area contributed by atoms with E-state index in [-0.39, 0.29) is 23.6 Å². The molecule has 1 N–H and O–H groups in total. The molecule has 2 atom stereocenters. The van der Waals surface area contributed by atoms with Gasteiger partial charge in [0.1, 0.15) is 5.82 Å². The number of para-hydroxylation sites is 1. The Hall–Kier alpha value is -2.70. The maximum atomic E-state index is 14.0. The third-order valence-electron chi connectivity index (χ3n) is 5.61. The predicted octanol–water partition coefficient (Wildman–Crippen LogP) is 4.57. The standard InChI is InChI=1S/C24H26FN3OS/c1-18(26-24(29)20-10-5-6-11-21(20)25)23(22-12-7-17-30-22)28-15-13-27(14-16-28)19-8-3-2-4-9-19/h2-12,17-18,23H,13-16H2,1H3,(H,26,29)/t18-,23-/m0/s1. The lowest BCUT2D eigenvalue weighted by molar-refractivity contribution is 0.0886. The normalized spacial score (nSPS) is 16.8. The maximum Gasteiger partial charge on any atom is 0.254 e. The van der Waals surface area contributed by atoms with Crippen molar-refractivity contribution in [1.82, 2.24) is 10.2 Å². The molecule has 0 spiro atoms. The molecular formula is C24H26FN3OS. The van der Waals surface area contributed by atoms with Crippen molar-refractivity contribution in [2.75, 3.05) is 31.1 Å². The van der Waals surface area contributed by atoms with Crippen molar-refractivity contribution >= 4 is 22.9 Å². The Morgan fingerprint density at radius 2 is 1.67 bits per heavy atom. The highest BCUT2D eigenvalue weighted by Crippen LogP contribution is 2.30. The largest absolute Gasteiger partial charge is 0.369 e. The second-order valence-electron chi connectivity index (χ2n) is 7.56. The zero-order chi connectivity index (χ0) is 20.9. The number of nitrogens with one attached hydrogen (secondary N) is 1. The van der Waals surface area contributed by atoms with Gasteiger partial charge in [0, 0.05) is 42.8 Å². The first kappa shape index (κ1) is 20.6. The van der Waals surface area contributed by atoms with Crippen LogP contribution < -0.4 is 10.2 Å². The summed E-state index contributed by atoms with van der Waals surface area (Å²) in [5, 5.41) is 5.10. The number of hydrogen-bond acceptors (Lipinski definition) is 4. The first-order valence-corrected chi connectivity index (χ1v) is 11.1. The van der Waals surface area contributed by atoms with Gasteiger partial charge in [0.2, 0.25) is 0 Å². The molecule has 2 aromatic carbocycles. The van der Waals surface area contributed by atoms with Crippen LogP contribution in [0.1, 0.15) is 28.2 Å². The van der Waals surface area contributed by atoms with Gasteiger partial charge in [-0.25, -0.2) is 4.39 Å². The van der Waals surface area contributed by atoms with Crippen LogP contribution in [0.4, 0.5) is 10.1 Å². The fourth-order valence-corrected chi connectivity index (χ4v) is 5.07. The minimum atomic E-state index is -0.494. The number of carbonyl (C=O) groups is 1. The fourth-order valence-electron chi connectivity index (χ4n) is 4.11.